The van der Waals surface area contributed by atoms with Gasteiger partial charge in [-0.05, 0) is 18.9 Å². The Bertz CT molecular complexity index is 740. The fraction of sp³-hybridized carbons (Fsp3) is 0.571. The number of aromatic nitrogens is 2. The third-order valence-electron chi connectivity index (χ3n) is 3.97. The fourth-order valence-electron chi connectivity index (χ4n) is 2.53. The van der Waals surface area contributed by atoms with E-state index in [1.807, 2.05) is 0 Å². The number of nitrogens with one attached hydrogen (secondary N) is 1. The first-order chi connectivity index (χ1) is 11.3. The number of piperazine rings is 1. The Morgan fingerprint density at radius 3 is 2.62 bits per heavy atom. The summed E-state index contributed by atoms with van der Waals surface area (Å²) in [5.74, 6) is -1.06. The van der Waals surface area contributed by atoms with E-state index in [-0.39, 0.29) is 37.2 Å². The van der Waals surface area contributed by atoms with Gasteiger partial charge in [-0.25, -0.2) is 4.68 Å². The Morgan fingerprint density at radius 1 is 1.33 bits per heavy atom. The molecule has 1 aromatic rings. The lowest BCUT2D eigenvalue weighted by molar-refractivity contribution is -0.141. The number of rotatable bonds is 3. The minimum absolute atomic E-state index is 0.103. The zero-order valence-corrected chi connectivity index (χ0v) is 12.6. The lowest BCUT2D eigenvalue weighted by atomic mass is 10.2. The van der Waals surface area contributed by atoms with Gasteiger partial charge in [0.25, 0.3) is 5.56 Å². The Balaban J connectivity index is 1.89. The minimum atomic E-state index is -4.81. The van der Waals surface area contributed by atoms with E-state index in [0.717, 1.165) is 6.07 Å². The van der Waals surface area contributed by atoms with Gasteiger partial charge in [0.1, 0.15) is 12.1 Å². The van der Waals surface area contributed by atoms with E-state index >= 15 is 0 Å². The van der Waals surface area contributed by atoms with E-state index in [1.165, 1.54) is 4.90 Å². The maximum atomic E-state index is 13.0. The summed E-state index contributed by atoms with van der Waals surface area (Å²) in [6.07, 6.45) is -3.38. The number of hydrogen-bond acceptors (Lipinski definition) is 4. The van der Waals surface area contributed by atoms with Crippen molar-refractivity contribution in [2.24, 2.45) is 0 Å². The molecule has 0 spiro atoms. The monoisotopic (exact) mass is 344 g/mol. The fourth-order valence-corrected chi connectivity index (χ4v) is 2.53. The summed E-state index contributed by atoms with van der Waals surface area (Å²) in [6, 6.07) is 0.773. The maximum Gasteiger partial charge on any atom is 0.421 e. The lowest BCUT2D eigenvalue weighted by Crippen LogP contribution is -2.51. The predicted octanol–water partition coefficient (Wildman–Crippen LogP) is 0.0979. The van der Waals surface area contributed by atoms with Crippen molar-refractivity contribution in [1.29, 1.82) is 0 Å². The number of carbonyl (C=O) groups excluding carboxylic acids is 2. The van der Waals surface area contributed by atoms with Gasteiger partial charge in [0.05, 0.1) is 12.2 Å². The highest BCUT2D eigenvalue weighted by Crippen LogP contribution is 2.40. The van der Waals surface area contributed by atoms with Crippen LogP contribution in [0, 0.1) is 0 Å². The van der Waals surface area contributed by atoms with Gasteiger partial charge in [0.2, 0.25) is 11.8 Å². The van der Waals surface area contributed by atoms with Crippen molar-refractivity contribution < 1.29 is 22.8 Å². The summed E-state index contributed by atoms with van der Waals surface area (Å²) < 4.78 is 39.7. The average molecular weight is 344 g/mol. The molecule has 0 unspecified atom stereocenters. The molecule has 1 aromatic heterocycles. The molecule has 0 aromatic carbocycles. The molecule has 130 valence electrons. The second-order valence-electron chi connectivity index (χ2n) is 5.88. The number of amides is 2. The summed E-state index contributed by atoms with van der Waals surface area (Å²) in [5, 5.41) is 6.46. The SMILES string of the molecule is O=C1CN(C(=O)Cn2nc(C3CC3)cc(C(F)(F)F)c2=O)CCN1. The molecule has 10 heteroatoms. The number of halogens is 3. The predicted molar refractivity (Wildman–Crippen MR) is 75.1 cm³/mol. The zero-order chi connectivity index (χ0) is 17.5. The van der Waals surface area contributed by atoms with Gasteiger partial charge >= 0.3 is 6.18 Å². The highest BCUT2D eigenvalue weighted by Gasteiger charge is 2.38. The van der Waals surface area contributed by atoms with Crippen molar-refractivity contribution in [3.63, 3.8) is 0 Å². The highest BCUT2D eigenvalue weighted by molar-refractivity contribution is 5.85. The van der Waals surface area contributed by atoms with Crippen LogP contribution < -0.4 is 10.9 Å². The van der Waals surface area contributed by atoms with E-state index < -0.39 is 29.8 Å². The summed E-state index contributed by atoms with van der Waals surface area (Å²) in [5.41, 5.74) is -2.49. The van der Waals surface area contributed by atoms with Gasteiger partial charge in [0.15, 0.2) is 0 Å². The van der Waals surface area contributed by atoms with Crippen LogP contribution in [0.15, 0.2) is 10.9 Å². The first kappa shape index (κ1) is 16.5. The Morgan fingerprint density at radius 2 is 2.04 bits per heavy atom. The molecule has 0 atom stereocenters. The molecular formula is C14H15F3N4O3. The van der Waals surface area contributed by atoms with Crippen LogP contribution >= 0.6 is 0 Å². The van der Waals surface area contributed by atoms with Crippen LogP contribution in [0.3, 0.4) is 0 Å². The molecule has 1 N–H and O–H groups in total. The normalized spacial score (nSPS) is 18.5. The van der Waals surface area contributed by atoms with Crippen LogP contribution in [0.4, 0.5) is 13.2 Å². The van der Waals surface area contributed by atoms with E-state index in [0.29, 0.717) is 17.5 Å². The van der Waals surface area contributed by atoms with Gasteiger partial charge in [-0.15, -0.1) is 0 Å². The molecule has 2 amide bonds. The molecule has 2 aliphatic rings. The first-order valence-electron chi connectivity index (χ1n) is 7.49. The summed E-state index contributed by atoms with van der Waals surface area (Å²) in [4.78, 5) is 36.7. The molecule has 1 aliphatic heterocycles. The number of hydrogen-bond donors (Lipinski definition) is 1. The third kappa shape index (κ3) is 3.41. The van der Waals surface area contributed by atoms with Crippen LogP contribution in [-0.4, -0.2) is 46.1 Å². The quantitative estimate of drug-likeness (QED) is 0.843. The largest absolute Gasteiger partial charge is 0.421 e. The summed E-state index contributed by atoms with van der Waals surface area (Å²) >= 11 is 0. The Hall–Kier alpha value is -2.39. The van der Waals surface area contributed by atoms with Crippen molar-refractivity contribution in [3.05, 3.63) is 27.7 Å². The van der Waals surface area contributed by atoms with Gasteiger partial charge < -0.3 is 10.2 Å². The van der Waals surface area contributed by atoms with Crippen molar-refractivity contribution >= 4 is 11.8 Å². The first-order valence-corrected chi connectivity index (χ1v) is 7.49. The summed E-state index contributed by atoms with van der Waals surface area (Å²) in [7, 11) is 0. The van der Waals surface area contributed by atoms with E-state index in [4.69, 9.17) is 0 Å². The average Bonchev–Trinajstić information content (AvgIpc) is 3.32. The Kier molecular flexibility index (Phi) is 4.06. The molecule has 2 heterocycles. The van der Waals surface area contributed by atoms with Gasteiger partial charge in [-0.3, -0.25) is 14.4 Å². The maximum absolute atomic E-state index is 13.0. The van der Waals surface area contributed by atoms with Gasteiger partial charge in [-0.2, -0.15) is 18.3 Å². The third-order valence-corrected chi connectivity index (χ3v) is 3.97. The zero-order valence-electron chi connectivity index (χ0n) is 12.6. The smallest absolute Gasteiger partial charge is 0.353 e. The second kappa shape index (κ2) is 5.91. The van der Waals surface area contributed by atoms with Crippen molar-refractivity contribution in [2.45, 2.75) is 31.5 Å². The minimum Gasteiger partial charge on any atom is -0.353 e. The van der Waals surface area contributed by atoms with Crippen LogP contribution in [0.25, 0.3) is 0 Å². The number of carbonyl (C=O) groups is 2. The molecule has 0 bridgehead atoms. The molecule has 0 radical (unpaired) electrons. The van der Waals surface area contributed by atoms with Crippen molar-refractivity contribution in [2.75, 3.05) is 19.6 Å². The van der Waals surface area contributed by atoms with Gasteiger partial charge in [0, 0.05) is 19.0 Å². The molecule has 1 aliphatic carbocycles. The molecule has 3 rings (SSSR count). The topological polar surface area (TPSA) is 84.3 Å². The van der Waals surface area contributed by atoms with E-state index in [1.54, 1.807) is 0 Å². The van der Waals surface area contributed by atoms with Crippen molar-refractivity contribution in [3.8, 4) is 0 Å². The van der Waals surface area contributed by atoms with Crippen LogP contribution in [0.2, 0.25) is 0 Å². The molecule has 2 fully saturated rings. The molecule has 7 nitrogen and oxygen atoms in total. The molecule has 1 saturated heterocycles. The lowest BCUT2D eigenvalue weighted by Gasteiger charge is -2.26. The molecular weight excluding hydrogens is 329 g/mol. The number of alkyl halides is 3. The highest BCUT2D eigenvalue weighted by atomic mass is 19.4. The van der Waals surface area contributed by atoms with Crippen LogP contribution in [0.1, 0.15) is 30.0 Å². The molecule has 1 saturated carbocycles. The summed E-state index contributed by atoms with van der Waals surface area (Å²) in [6.45, 7) is -0.283. The van der Waals surface area contributed by atoms with Crippen LogP contribution in [-0.2, 0) is 22.3 Å². The van der Waals surface area contributed by atoms with E-state index in [2.05, 4.69) is 10.4 Å². The van der Waals surface area contributed by atoms with E-state index in [9.17, 15) is 27.6 Å². The number of nitrogens with zero attached hydrogens (tertiary/aromatic N) is 3. The van der Waals surface area contributed by atoms with Gasteiger partial charge in [-0.1, -0.05) is 0 Å². The standard InChI is InChI=1S/C14H15F3N4O3/c15-14(16,17)9-5-10(8-1-2-8)19-21(13(9)24)7-12(23)20-4-3-18-11(22)6-20/h5,8H,1-4,6-7H2,(H,18,22). The van der Waals surface area contributed by atoms with Crippen LogP contribution in [0.5, 0.6) is 0 Å². The Labute approximate surface area is 134 Å². The second-order valence-corrected chi connectivity index (χ2v) is 5.88. The van der Waals surface area contributed by atoms with Crippen molar-refractivity contribution in [1.82, 2.24) is 20.0 Å². The molecule has 24 heavy (non-hydrogen) atoms.